The third kappa shape index (κ3) is 3.49. The van der Waals surface area contributed by atoms with Crippen molar-refractivity contribution in [2.24, 2.45) is 0 Å². The molecule has 0 bridgehead atoms. The van der Waals surface area contributed by atoms with Gasteiger partial charge >= 0.3 is 0 Å². The lowest BCUT2D eigenvalue weighted by Gasteiger charge is -2.14. The molecule has 4 aromatic rings. The van der Waals surface area contributed by atoms with Crippen LogP contribution in [0.5, 0.6) is 0 Å². The lowest BCUT2D eigenvalue weighted by molar-refractivity contribution is 0.0929. The summed E-state index contributed by atoms with van der Waals surface area (Å²) < 4.78 is 0. The number of H-pyrrole nitrogens is 2. The van der Waals surface area contributed by atoms with Crippen molar-refractivity contribution in [3.8, 4) is 11.3 Å². The van der Waals surface area contributed by atoms with Gasteiger partial charge in [0.05, 0.1) is 17.9 Å². The van der Waals surface area contributed by atoms with Gasteiger partial charge in [-0.2, -0.15) is 0 Å². The minimum Gasteiger partial charge on any atom is -0.351 e. The molecule has 1 atom stereocenters. The van der Waals surface area contributed by atoms with Crippen LogP contribution in [0, 0.1) is 6.92 Å². The summed E-state index contributed by atoms with van der Waals surface area (Å²) in [5.74, 6) is 0.630. The fraction of sp³-hybridized carbons (Fsp3) is 0.182. The summed E-state index contributed by atoms with van der Waals surface area (Å²) in [4.78, 5) is 23.8. The Kier molecular flexibility index (Phi) is 4.50. The molecule has 5 nitrogen and oxygen atoms in total. The molecule has 5 heteroatoms. The first-order valence-corrected chi connectivity index (χ1v) is 9.14. The molecule has 0 saturated carbocycles. The summed E-state index contributed by atoms with van der Waals surface area (Å²) in [6.07, 6.45) is 2.55. The van der Waals surface area contributed by atoms with Crippen LogP contribution in [0.2, 0.25) is 0 Å². The van der Waals surface area contributed by atoms with E-state index in [1.165, 1.54) is 0 Å². The zero-order valence-corrected chi connectivity index (χ0v) is 15.4. The number of rotatable bonds is 5. The average Bonchev–Trinajstić information content (AvgIpc) is 3.33. The van der Waals surface area contributed by atoms with Gasteiger partial charge < -0.3 is 15.3 Å². The minimum atomic E-state index is -0.178. The van der Waals surface area contributed by atoms with Gasteiger partial charge in [0.25, 0.3) is 5.91 Å². The van der Waals surface area contributed by atoms with E-state index in [1.54, 1.807) is 0 Å². The quantitative estimate of drug-likeness (QED) is 0.482. The zero-order valence-electron chi connectivity index (χ0n) is 15.4. The molecule has 0 aliphatic rings. The molecule has 1 unspecified atom stereocenters. The number of carbonyl (C=O) groups excluding carboxylic acids is 1. The molecule has 2 aromatic carbocycles. The number of hydrogen-bond acceptors (Lipinski definition) is 2. The van der Waals surface area contributed by atoms with E-state index in [-0.39, 0.29) is 11.9 Å². The molecule has 1 amide bonds. The Bertz CT molecular complexity index is 1080. The second-order valence-corrected chi connectivity index (χ2v) is 6.76. The van der Waals surface area contributed by atoms with Crippen molar-refractivity contribution in [3.63, 3.8) is 0 Å². The van der Waals surface area contributed by atoms with E-state index >= 15 is 0 Å². The Labute approximate surface area is 157 Å². The Morgan fingerprint density at radius 3 is 2.70 bits per heavy atom. The molecule has 0 fully saturated rings. The molecule has 0 saturated heterocycles. The monoisotopic (exact) mass is 358 g/mol. The third-order valence-corrected chi connectivity index (χ3v) is 4.75. The Morgan fingerprint density at radius 1 is 1.11 bits per heavy atom. The number of fused-ring (bicyclic) bond motifs is 1. The summed E-state index contributed by atoms with van der Waals surface area (Å²) in [6, 6.07) is 17.8. The molecule has 0 spiro atoms. The summed E-state index contributed by atoms with van der Waals surface area (Å²) in [6.45, 7) is 4.07. The number of hydrogen-bond donors (Lipinski definition) is 3. The maximum atomic E-state index is 12.7. The SMILES string of the molecule is CCC(NC(=O)c1cc2ccc(C)cc2[nH]1)c1ncc(-c2ccccc2)[nH]1. The first-order valence-electron chi connectivity index (χ1n) is 9.14. The highest BCUT2D eigenvalue weighted by Crippen LogP contribution is 2.22. The van der Waals surface area contributed by atoms with Crippen LogP contribution in [0.1, 0.15) is 41.3 Å². The van der Waals surface area contributed by atoms with Gasteiger partial charge in [-0.3, -0.25) is 4.79 Å². The number of benzene rings is 2. The molecule has 0 aliphatic heterocycles. The number of aryl methyl sites for hydroxylation is 1. The van der Waals surface area contributed by atoms with E-state index < -0.39 is 0 Å². The lowest BCUT2D eigenvalue weighted by atomic mass is 10.2. The van der Waals surface area contributed by atoms with Crippen molar-refractivity contribution in [2.45, 2.75) is 26.3 Å². The number of carbonyl (C=O) groups is 1. The Balaban J connectivity index is 1.54. The van der Waals surface area contributed by atoms with Crippen molar-refractivity contribution in [3.05, 3.63) is 77.9 Å². The van der Waals surface area contributed by atoms with Crippen LogP contribution >= 0.6 is 0 Å². The highest BCUT2D eigenvalue weighted by atomic mass is 16.1. The minimum absolute atomic E-state index is 0.131. The van der Waals surface area contributed by atoms with Crippen LogP contribution in [0.25, 0.3) is 22.2 Å². The predicted octanol–water partition coefficient (Wildman–Crippen LogP) is 4.75. The molecule has 27 heavy (non-hydrogen) atoms. The molecule has 0 radical (unpaired) electrons. The van der Waals surface area contributed by atoms with Gasteiger partial charge in [-0.05, 0) is 36.6 Å². The van der Waals surface area contributed by atoms with E-state index in [2.05, 4.69) is 20.3 Å². The van der Waals surface area contributed by atoms with Crippen molar-refractivity contribution >= 4 is 16.8 Å². The van der Waals surface area contributed by atoms with Crippen molar-refractivity contribution in [1.29, 1.82) is 0 Å². The van der Waals surface area contributed by atoms with E-state index in [4.69, 9.17) is 0 Å². The summed E-state index contributed by atoms with van der Waals surface area (Å²) in [7, 11) is 0. The van der Waals surface area contributed by atoms with E-state index in [0.717, 1.165) is 40.0 Å². The maximum absolute atomic E-state index is 12.7. The van der Waals surface area contributed by atoms with Gasteiger partial charge in [0.2, 0.25) is 0 Å². The molecule has 4 rings (SSSR count). The fourth-order valence-corrected chi connectivity index (χ4v) is 3.24. The molecule has 136 valence electrons. The van der Waals surface area contributed by atoms with Gasteiger partial charge in [0.15, 0.2) is 0 Å². The van der Waals surface area contributed by atoms with Gasteiger partial charge in [0.1, 0.15) is 11.5 Å². The molecular formula is C22H22N4O. The number of amides is 1. The van der Waals surface area contributed by atoms with Crippen LogP contribution < -0.4 is 5.32 Å². The highest BCUT2D eigenvalue weighted by molar-refractivity contribution is 5.98. The smallest absolute Gasteiger partial charge is 0.268 e. The lowest BCUT2D eigenvalue weighted by Crippen LogP contribution is -2.29. The molecular weight excluding hydrogens is 336 g/mol. The van der Waals surface area contributed by atoms with Crippen LogP contribution in [0.4, 0.5) is 0 Å². The largest absolute Gasteiger partial charge is 0.351 e. The van der Waals surface area contributed by atoms with E-state index in [1.807, 2.05) is 74.6 Å². The van der Waals surface area contributed by atoms with Crippen LogP contribution in [-0.4, -0.2) is 20.9 Å². The van der Waals surface area contributed by atoms with E-state index in [0.29, 0.717) is 5.69 Å². The zero-order chi connectivity index (χ0) is 18.8. The fourth-order valence-electron chi connectivity index (χ4n) is 3.24. The number of nitrogens with zero attached hydrogens (tertiary/aromatic N) is 1. The van der Waals surface area contributed by atoms with Crippen molar-refractivity contribution in [1.82, 2.24) is 20.3 Å². The average molecular weight is 358 g/mol. The van der Waals surface area contributed by atoms with Crippen LogP contribution in [0.15, 0.2) is 60.8 Å². The summed E-state index contributed by atoms with van der Waals surface area (Å²) >= 11 is 0. The van der Waals surface area contributed by atoms with Gasteiger partial charge in [-0.1, -0.05) is 49.4 Å². The van der Waals surface area contributed by atoms with E-state index in [9.17, 15) is 4.79 Å². The Morgan fingerprint density at radius 2 is 1.93 bits per heavy atom. The van der Waals surface area contributed by atoms with Crippen molar-refractivity contribution in [2.75, 3.05) is 0 Å². The third-order valence-electron chi connectivity index (χ3n) is 4.75. The normalized spacial score (nSPS) is 12.2. The standard InChI is InChI=1S/C22H22N4O/c1-3-17(21-23-13-20(25-21)15-7-5-4-6-8-15)26-22(27)19-12-16-10-9-14(2)11-18(16)24-19/h4-13,17,24H,3H2,1-2H3,(H,23,25)(H,26,27). The Hall–Kier alpha value is -3.34. The van der Waals surface area contributed by atoms with Crippen LogP contribution in [0.3, 0.4) is 0 Å². The second-order valence-electron chi connectivity index (χ2n) is 6.76. The maximum Gasteiger partial charge on any atom is 0.268 e. The van der Waals surface area contributed by atoms with Gasteiger partial charge in [0, 0.05) is 10.9 Å². The summed E-state index contributed by atoms with van der Waals surface area (Å²) in [5.41, 5.74) is 4.70. The number of aromatic nitrogens is 3. The highest BCUT2D eigenvalue weighted by Gasteiger charge is 2.18. The summed E-state index contributed by atoms with van der Waals surface area (Å²) in [5, 5.41) is 4.11. The number of nitrogens with one attached hydrogen (secondary N) is 3. The topological polar surface area (TPSA) is 73.6 Å². The van der Waals surface area contributed by atoms with Crippen molar-refractivity contribution < 1.29 is 4.79 Å². The molecule has 2 heterocycles. The molecule has 2 aromatic heterocycles. The van der Waals surface area contributed by atoms with Gasteiger partial charge in [-0.25, -0.2) is 4.98 Å². The second kappa shape index (κ2) is 7.11. The van der Waals surface area contributed by atoms with Crippen LogP contribution in [-0.2, 0) is 0 Å². The predicted molar refractivity (Wildman–Crippen MR) is 108 cm³/mol. The first-order chi connectivity index (χ1) is 13.1. The first kappa shape index (κ1) is 17.1. The molecule has 3 N–H and O–H groups in total. The number of imidazole rings is 1. The number of aromatic amines is 2. The van der Waals surface area contributed by atoms with Gasteiger partial charge in [-0.15, -0.1) is 0 Å². The molecule has 0 aliphatic carbocycles.